The van der Waals surface area contributed by atoms with Crippen molar-refractivity contribution in [3.63, 3.8) is 0 Å². The molecule has 0 aliphatic carbocycles. The number of piperazine rings is 1. The van der Waals surface area contributed by atoms with E-state index in [4.69, 9.17) is 9.47 Å². The van der Waals surface area contributed by atoms with Crippen LogP contribution in [0, 0.1) is 11.8 Å². The first-order chi connectivity index (χ1) is 18.2. The molecular weight excluding hydrogens is 484 g/mol. The molecule has 1 aromatic carbocycles. The average Bonchev–Trinajstić information content (AvgIpc) is 2.89. The molecule has 0 aromatic heterocycles. The van der Waals surface area contributed by atoms with Crippen LogP contribution < -0.4 is 0 Å². The number of likely N-dealkylation sites (tertiary alicyclic amines) is 2. The normalized spacial score (nSPS) is 21.9. The van der Waals surface area contributed by atoms with Crippen molar-refractivity contribution < 1.29 is 23.9 Å². The third-order valence-electron chi connectivity index (χ3n) is 7.72. The molecule has 9 heteroatoms. The van der Waals surface area contributed by atoms with Crippen molar-refractivity contribution >= 4 is 18.1 Å². The van der Waals surface area contributed by atoms with E-state index in [1.54, 1.807) is 9.80 Å². The fourth-order valence-electron chi connectivity index (χ4n) is 5.52. The van der Waals surface area contributed by atoms with Gasteiger partial charge in [-0.3, -0.25) is 9.69 Å². The molecule has 1 unspecified atom stereocenters. The highest BCUT2D eigenvalue weighted by Crippen LogP contribution is 2.25. The van der Waals surface area contributed by atoms with Crippen LogP contribution in [0.25, 0.3) is 0 Å². The molecule has 3 fully saturated rings. The second-order valence-corrected chi connectivity index (χ2v) is 11.9. The molecule has 3 heterocycles. The third kappa shape index (κ3) is 8.35. The molecule has 0 bridgehead atoms. The first-order valence-electron chi connectivity index (χ1n) is 14.1. The SMILES string of the molecule is CC(C)(C)OC(=O)N1CCC(CN2CCC(CN3CCN(C(=O)OCc4ccccc4)CC3)CC2=O)CC1. The van der Waals surface area contributed by atoms with E-state index in [0.717, 1.165) is 57.5 Å². The Morgan fingerprint density at radius 2 is 1.45 bits per heavy atom. The minimum absolute atomic E-state index is 0.238. The summed E-state index contributed by atoms with van der Waals surface area (Å²) in [6.07, 6.45) is 2.93. The van der Waals surface area contributed by atoms with Gasteiger partial charge in [0.05, 0.1) is 0 Å². The Bertz CT molecular complexity index is 934. The Kier molecular flexibility index (Phi) is 9.52. The lowest BCUT2D eigenvalue weighted by Crippen LogP contribution is -2.51. The summed E-state index contributed by atoms with van der Waals surface area (Å²) in [4.78, 5) is 45.6. The van der Waals surface area contributed by atoms with Gasteiger partial charge >= 0.3 is 12.2 Å². The Hall–Kier alpha value is -2.81. The van der Waals surface area contributed by atoms with Gasteiger partial charge in [-0.25, -0.2) is 9.59 Å². The molecule has 3 aliphatic rings. The predicted molar refractivity (Wildman–Crippen MR) is 144 cm³/mol. The van der Waals surface area contributed by atoms with Crippen molar-refractivity contribution in [1.29, 1.82) is 0 Å². The molecule has 1 aromatic rings. The van der Waals surface area contributed by atoms with E-state index in [2.05, 4.69) is 4.90 Å². The van der Waals surface area contributed by atoms with E-state index in [0.29, 0.717) is 51.0 Å². The molecule has 0 N–H and O–H groups in total. The van der Waals surface area contributed by atoms with E-state index in [-0.39, 0.29) is 18.1 Å². The van der Waals surface area contributed by atoms with Gasteiger partial charge in [-0.05, 0) is 57.4 Å². The first kappa shape index (κ1) is 28.2. The summed E-state index contributed by atoms with van der Waals surface area (Å²) < 4.78 is 11.0. The lowest BCUT2D eigenvalue weighted by Gasteiger charge is -2.40. The second kappa shape index (κ2) is 12.8. The maximum absolute atomic E-state index is 12.9. The second-order valence-electron chi connectivity index (χ2n) is 11.9. The number of ether oxygens (including phenoxy) is 2. The van der Waals surface area contributed by atoms with Crippen molar-refractivity contribution in [3.8, 4) is 0 Å². The zero-order chi connectivity index (χ0) is 27.1. The number of amides is 3. The van der Waals surface area contributed by atoms with E-state index in [1.165, 1.54) is 0 Å². The number of piperidine rings is 2. The summed E-state index contributed by atoms with van der Waals surface area (Å²) in [5, 5.41) is 0. The van der Waals surface area contributed by atoms with Crippen LogP contribution in [-0.2, 0) is 20.9 Å². The zero-order valence-electron chi connectivity index (χ0n) is 23.3. The summed E-state index contributed by atoms with van der Waals surface area (Å²) in [5.74, 6) is 1.05. The summed E-state index contributed by atoms with van der Waals surface area (Å²) in [5.41, 5.74) is 0.508. The van der Waals surface area contributed by atoms with Gasteiger partial charge in [0, 0.05) is 65.3 Å². The van der Waals surface area contributed by atoms with Crippen LogP contribution >= 0.6 is 0 Å². The molecule has 0 spiro atoms. The van der Waals surface area contributed by atoms with Gasteiger partial charge < -0.3 is 24.2 Å². The predicted octanol–water partition coefficient (Wildman–Crippen LogP) is 3.83. The fraction of sp³-hybridized carbons (Fsp3) is 0.690. The first-order valence-corrected chi connectivity index (χ1v) is 14.1. The van der Waals surface area contributed by atoms with Crippen LogP contribution in [0.15, 0.2) is 30.3 Å². The number of carbonyl (C=O) groups excluding carboxylic acids is 3. The highest BCUT2D eigenvalue weighted by Gasteiger charge is 2.32. The molecule has 1 atom stereocenters. The minimum atomic E-state index is -0.480. The van der Waals surface area contributed by atoms with E-state index >= 15 is 0 Å². The number of nitrogens with zero attached hydrogens (tertiary/aromatic N) is 4. The monoisotopic (exact) mass is 528 g/mol. The number of rotatable bonds is 6. The minimum Gasteiger partial charge on any atom is -0.445 e. The smallest absolute Gasteiger partial charge is 0.410 e. The summed E-state index contributed by atoms with van der Waals surface area (Å²) >= 11 is 0. The Morgan fingerprint density at radius 1 is 0.816 bits per heavy atom. The van der Waals surface area contributed by atoms with E-state index < -0.39 is 5.60 Å². The molecule has 210 valence electrons. The Morgan fingerprint density at radius 3 is 2.08 bits per heavy atom. The summed E-state index contributed by atoms with van der Waals surface area (Å²) in [6.45, 7) is 12.8. The Labute approximate surface area is 227 Å². The van der Waals surface area contributed by atoms with Gasteiger partial charge in [-0.1, -0.05) is 30.3 Å². The molecule has 0 saturated carbocycles. The van der Waals surface area contributed by atoms with Crippen LogP contribution in [0.3, 0.4) is 0 Å². The van der Waals surface area contributed by atoms with Gasteiger partial charge in [-0.15, -0.1) is 0 Å². The van der Waals surface area contributed by atoms with E-state index in [9.17, 15) is 14.4 Å². The lowest BCUT2D eigenvalue weighted by molar-refractivity contribution is -0.136. The molecule has 3 aliphatic heterocycles. The number of hydrogen-bond donors (Lipinski definition) is 0. The quantitative estimate of drug-likeness (QED) is 0.558. The molecule has 3 saturated heterocycles. The molecule has 9 nitrogen and oxygen atoms in total. The van der Waals surface area contributed by atoms with Gasteiger partial charge in [0.15, 0.2) is 0 Å². The van der Waals surface area contributed by atoms with Crippen molar-refractivity contribution in [1.82, 2.24) is 19.6 Å². The highest BCUT2D eigenvalue weighted by atomic mass is 16.6. The van der Waals surface area contributed by atoms with E-state index in [1.807, 2.05) is 56.0 Å². The largest absolute Gasteiger partial charge is 0.445 e. The topological polar surface area (TPSA) is 82.6 Å². The molecule has 4 rings (SSSR count). The van der Waals surface area contributed by atoms with Gasteiger partial charge in [-0.2, -0.15) is 0 Å². The van der Waals surface area contributed by atoms with Gasteiger partial charge in [0.1, 0.15) is 12.2 Å². The number of carbonyl (C=O) groups is 3. The maximum Gasteiger partial charge on any atom is 0.410 e. The van der Waals surface area contributed by atoms with Crippen LogP contribution in [0.2, 0.25) is 0 Å². The van der Waals surface area contributed by atoms with Crippen molar-refractivity contribution in [2.45, 2.75) is 58.7 Å². The summed E-state index contributed by atoms with van der Waals surface area (Å²) in [7, 11) is 0. The van der Waals surface area contributed by atoms with Crippen LogP contribution in [0.5, 0.6) is 0 Å². The van der Waals surface area contributed by atoms with Crippen molar-refractivity contribution in [2.24, 2.45) is 11.8 Å². The standard InChI is InChI=1S/C29H44N4O5/c1-29(2,3)38-28(36)31-12-9-23(10-13-31)21-33-14-11-25(19-26(33)34)20-30-15-17-32(18-16-30)27(35)37-22-24-7-5-4-6-8-24/h4-8,23,25H,9-22H2,1-3H3. The third-order valence-corrected chi connectivity index (χ3v) is 7.72. The number of benzene rings is 1. The summed E-state index contributed by atoms with van der Waals surface area (Å²) in [6, 6.07) is 9.73. The van der Waals surface area contributed by atoms with Crippen LogP contribution in [0.1, 0.15) is 52.0 Å². The molecule has 3 amide bonds. The van der Waals surface area contributed by atoms with Crippen LogP contribution in [-0.4, -0.2) is 102 Å². The zero-order valence-corrected chi connectivity index (χ0v) is 23.3. The molecule has 0 radical (unpaired) electrons. The van der Waals surface area contributed by atoms with Gasteiger partial charge in [0.2, 0.25) is 5.91 Å². The maximum atomic E-state index is 12.9. The highest BCUT2D eigenvalue weighted by molar-refractivity contribution is 5.77. The number of hydrogen-bond acceptors (Lipinski definition) is 6. The Balaban J connectivity index is 1.11. The van der Waals surface area contributed by atoms with Crippen LogP contribution in [0.4, 0.5) is 9.59 Å². The average molecular weight is 529 g/mol. The van der Waals surface area contributed by atoms with Crippen molar-refractivity contribution in [2.75, 3.05) is 58.9 Å². The fourth-order valence-corrected chi connectivity index (χ4v) is 5.52. The lowest BCUT2D eigenvalue weighted by atomic mass is 9.92. The van der Waals surface area contributed by atoms with Crippen molar-refractivity contribution in [3.05, 3.63) is 35.9 Å². The molecule has 38 heavy (non-hydrogen) atoms. The van der Waals surface area contributed by atoms with Gasteiger partial charge in [0.25, 0.3) is 0 Å². The molecular formula is C29H44N4O5.